The molecule has 0 aromatic carbocycles. The maximum Gasteiger partial charge on any atom is 0.472 e. The fourth-order valence-electron chi connectivity index (χ4n) is 12.0. The number of esters is 4. The minimum absolute atomic E-state index is 0.104. The average molecular weight is 1420 g/mol. The molecule has 3 N–H and O–H groups in total. The normalized spacial score (nSPS) is 14.0. The van der Waals surface area contributed by atoms with Gasteiger partial charge in [0, 0.05) is 25.7 Å². The minimum Gasteiger partial charge on any atom is -0.462 e. The fourth-order valence-corrected chi connectivity index (χ4v) is 13.6. The van der Waals surface area contributed by atoms with Crippen molar-refractivity contribution in [3.8, 4) is 0 Å². The lowest BCUT2D eigenvalue weighted by Crippen LogP contribution is -2.30. The molecule has 0 fully saturated rings. The number of unbranched alkanes of at least 4 members (excludes halogenated alkanes) is 47. The zero-order chi connectivity index (χ0) is 71.4. The summed E-state index contributed by atoms with van der Waals surface area (Å²) in [7, 11) is -9.91. The van der Waals surface area contributed by atoms with Gasteiger partial charge in [-0.25, -0.2) is 9.13 Å². The maximum atomic E-state index is 13.1. The second-order valence-electron chi connectivity index (χ2n) is 29.1. The van der Waals surface area contributed by atoms with E-state index in [1.165, 1.54) is 225 Å². The van der Waals surface area contributed by atoms with Crippen molar-refractivity contribution >= 4 is 39.5 Å². The van der Waals surface area contributed by atoms with E-state index in [1.807, 2.05) is 0 Å². The summed E-state index contributed by atoms with van der Waals surface area (Å²) < 4.78 is 68.5. The summed E-state index contributed by atoms with van der Waals surface area (Å²) in [4.78, 5) is 72.8. The Labute approximate surface area is 594 Å². The molecule has 5 atom stereocenters. The Morgan fingerprint density at radius 3 is 0.701 bits per heavy atom. The zero-order valence-electron chi connectivity index (χ0n) is 63.4. The molecule has 0 saturated heterocycles. The molecule has 0 rings (SSSR count). The second-order valence-corrected chi connectivity index (χ2v) is 32.0. The number of hydrogen-bond acceptors (Lipinski definition) is 15. The van der Waals surface area contributed by atoms with Gasteiger partial charge in [0.15, 0.2) is 12.2 Å². The first-order valence-corrected chi connectivity index (χ1v) is 43.5. The first-order valence-electron chi connectivity index (χ1n) is 40.5. The van der Waals surface area contributed by atoms with Crippen LogP contribution in [0.5, 0.6) is 0 Å². The number of carbonyl (C=O) groups is 4. The van der Waals surface area contributed by atoms with E-state index in [9.17, 15) is 43.2 Å². The number of phosphoric acid groups is 2. The van der Waals surface area contributed by atoms with Crippen LogP contribution >= 0.6 is 15.6 Å². The van der Waals surface area contributed by atoms with Crippen LogP contribution in [0.1, 0.15) is 408 Å². The molecule has 0 aliphatic rings. The summed E-state index contributed by atoms with van der Waals surface area (Å²) in [6.07, 6.45) is 58.5. The van der Waals surface area contributed by atoms with Crippen molar-refractivity contribution in [2.75, 3.05) is 39.6 Å². The van der Waals surface area contributed by atoms with Crippen molar-refractivity contribution in [3.63, 3.8) is 0 Å². The highest BCUT2D eigenvalue weighted by molar-refractivity contribution is 7.47. The van der Waals surface area contributed by atoms with Gasteiger partial charge in [-0.2, -0.15) is 0 Å². The standard InChI is InChI=1S/C78H152O17P2/c1-7-9-11-13-15-17-19-20-21-22-23-24-25-26-31-34-38-44-50-56-62-77(82)94-73(66-89-76(81)61-55-49-43-37-33-30-28-27-29-32-35-40-46-52-58-70(3)4)68-92-96(84,85)90-64-72(79)65-91-97(86,87)93-69-74(95-78(83)63-57-51-45-39-41-47-53-59-71(5)6)67-88-75(80)60-54-48-42-36-18-16-14-12-10-8-2/h70-74,79H,7-69H2,1-6H3,(H,84,85)(H,86,87)/t72-,73-,74-/m1/s1. The number of hydrogen-bond donors (Lipinski definition) is 3. The molecule has 0 spiro atoms. The third-order valence-corrected chi connectivity index (χ3v) is 20.1. The first-order chi connectivity index (χ1) is 46.9. The summed E-state index contributed by atoms with van der Waals surface area (Å²) in [6, 6.07) is 0. The molecule has 0 amide bonds. The Balaban J connectivity index is 5.20. The predicted octanol–water partition coefficient (Wildman–Crippen LogP) is 23.1. The molecule has 0 bridgehead atoms. The molecule has 2 unspecified atom stereocenters. The molecule has 576 valence electrons. The summed E-state index contributed by atoms with van der Waals surface area (Å²) in [5, 5.41) is 10.6. The molecule has 0 aromatic rings. The molecule has 0 aliphatic heterocycles. The van der Waals surface area contributed by atoms with Crippen LogP contribution in [0.3, 0.4) is 0 Å². The van der Waals surface area contributed by atoms with Crippen LogP contribution in [0.15, 0.2) is 0 Å². The predicted molar refractivity (Wildman–Crippen MR) is 395 cm³/mol. The smallest absolute Gasteiger partial charge is 0.462 e. The van der Waals surface area contributed by atoms with E-state index in [-0.39, 0.29) is 25.7 Å². The van der Waals surface area contributed by atoms with Crippen molar-refractivity contribution < 1.29 is 80.2 Å². The topological polar surface area (TPSA) is 237 Å². The highest BCUT2D eigenvalue weighted by Gasteiger charge is 2.30. The Morgan fingerprint density at radius 1 is 0.278 bits per heavy atom. The van der Waals surface area contributed by atoms with Crippen LogP contribution in [0, 0.1) is 11.8 Å². The van der Waals surface area contributed by atoms with Crippen LogP contribution in [0.25, 0.3) is 0 Å². The highest BCUT2D eigenvalue weighted by Crippen LogP contribution is 2.45. The van der Waals surface area contributed by atoms with Gasteiger partial charge in [0.1, 0.15) is 19.3 Å². The third-order valence-electron chi connectivity index (χ3n) is 18.2. The minimum atomic E-state index is -4.96. The lowest BCUT2D eigenvalue weighted by Gasteiger charge is -2.21. The van der Waals surface area contributed by atoms with Crippen LogP contribution in [0.4, 0.5) is 0 Å². The molecule has 19 heteroatoms. The first kappa shape index (κ1) is 95.1. The van der Waals surface area contributed by atoms with Gasteiger partial charge < -0.3 is 33.8 Å². The SMILES string of the molecule is CCCCCCCCCCCCCCCCCCCCCCC(=O)O[C@H](COC(=O)CCCCCCCCCCCCCCCCC(C)C)COP(=O)(O)OC[C@@H](O)COP(=O)(O)OC[C@@H](COC(=O)CCCCCCCCCCCC)OC(=O)CCCCCCCCCC(C)C. The van der Waals surface area contributed by atoms with Gasteiger partial charge >= 0.3 is 39.5 Å². The summed E-state index contributed by atoms with van der Waals surface area (Å²) in [5.41, 5.74) is 0. The van der Waals surface area contributed by atoms with E-state index in [4.69, 9.17) is 37.0 Å². The van der Waals surface area contributed by atoms with E-state index in [0.29, 0.717) is 31.6 Å². The highest BCUT2D eigenvalue weighted by atomic mass is 31.2. The molecule has 17 nitrogen and oxygen atoms in total. The number of rotatable bonds is 77. The number of ether oxygens (including phenoxy) is 4. The van der Waals surface area contributed by atoms with E-state index >= 15 is 0 Å². The zero-order valence-corrected chi connectivity index (χ0v) is 65.2. The molecular formula is C78H152O17P2. The third kappa shape index (κ3) is 72.2. The maximum absolute atomic E-state index is 13.1. The van der Waals surface area contributed by atoms with Gasteiger partial charge in [-0.3, -0.25) is 37.3 Å². The Bertz CT molecular complexity index is 1870. The second kappa shape index (κ2) is 69.8. The summed E-state index contributed by atoms with van der Waals surface area (Å²) in [6.45, 7) is 9.56. The Morgan fingerprint density at radius 2 is 0.474 bits per heavy atom. The molecule has 0 radical (unpaired) electrons. The van der Waals surface area contributed by atoms with Gasteiger partial charge in [-0.15, -0.1) is 0 Å². The summed E-state index contributed by atoms with van der Waals surface area (Å²) >= 11 is 0. The van der Waals surface area contributed by atoms with Crippen LogP contribution < -0.4 is 0 Å². The van der Waals surface area contributed by atoms with Crippen molar-refractivity contribution in [1.29, 1.82) is 0 Å². The lowest BCUT2D eigenvalue weighted by molar-refractivity contribution is -0.161. The summed E-state index contributed by atoms with van der Waals surface area (Å²) in [5.74, 6) is -0.621. The molecule has 0 saturated carbocycles. The number of carbonyl (C=O) groups excluding carboxylic acids is 4. The van der Waals surface area contributed by atoms with Crippen LogP contribution in [-0.2, 0) is 65.4 Å². The Kier molecular flexibility index (Phi) is 68.4. The van der Waals surface area contributed by atoms with Gasteiger partial charge in [-0.05, 0) is 37.5 Å². The number of aliphatic hydroxyl groups excluding tert-OH is 1. The van der Waals surface area contributed by atoms with Gasteiger partial charge in [0.05, 0.1) is 26.4 Å². The van der Waals surface area contributed by atoms with E-state index in [2.05, 4.69) is 41.5 Å². The van der Waals surface area contributed by atoms with E-state index in [0.717, 1.165) is 95.8 Å². The molecule has 0 aliphatic carbocycles. The van der Waals surface area contributed by atoms with Crippen molar-refractivity contribution in [3.05, 3.63) is 0 Å². The molecular weight excluding hydrogens is 1270 g/mol. The Hall–Kier alpha value is -1.94. The average Bonchev–Trinajstić information content (AvgIpc) is 1.33. The van der Waals surface area contributed by atoms with E-state index in [1.54, 1.807) is 0 Å². The fraction of sp³-hybridized carbons (Fsp3) is 0.949. The molecule has 0 heterocycles. The van der Waals surface area contributed by atoms with Crippen molar-refractivity contribution in [2.45, 2.75) is 426 Å². The monoisotopic (exact) mass is 1420 g/mol. The molecule has 0 aromatic heterocycles. The number of phosphoric ester groups is 2. The van der Waals surface area contributed by atoms with Gasteiger partial charge in [-0.1, -0.05) is 356 Å². The van der Waals surface area contributed by atoms with Crippen LogP contribution in [0.2, 0.25) is 0 Å². The van der Waals surface area contributed by atoms with Crippen LogP contribution in [-0.4, -0.2) is 96.7 Å². The van der Waals surface area contributed by atoms with Gasteiger partial charge in [0.2, 0.25) is 0 Å². The van der Waals surface area contributed by atoms with Crippen molar-refractivity contribution in [1.82, 2.24) is 0 Å². The van der Waals surface area contributed by atoms with Gasteiger partial charge in [0.25, 0.3) is 0 Å². The quantitative estimate of drug-likeness (QED) is 0.0222. The largest absolute Gasteiger partial charge is 0.472 e. The lowest BCUT2D eigenvalue weighted by atomic mass is 10.0. The van der Waals surface area contributed by atoms with E-state index < -0.39 is 97.5 Å². The number of aliphatic hydroxyl groups is 1. The van der Waals surface area contributed by atoms with Crippen molar-refractivity contribution in [2.24, 2.45) is 11.8 Å². The molecule has 97 heavy (non-hydrogen) atoms.